The molecule has 93 heavy (non-hydrogen) atoms. The number of esters is 2. The number of unbranched alkanes of at least 4 members (excludes halogenated alkanes) is 6. The maximum atomic E-state index is 11.5. The third kappa shape index (κ3) is 60.8. The Morgan fingerprint density at radius 2 is 0.581 bits per heavy atom. The highest BCUT2D eigenvalue weighted by Gasteiger charge is 2.13. The molecule has 0 aromatic heterocycles. The summed E-state index contributed by atoms with van der Waals surface area (Å²) in [5, 5.41) is 26.0. The summed E-state index contributed by atoms with van der Waals surface area (Å²) >= 11 is 0. The third-order valence-corrected chi connectivity index (χ3v) is 15.7. The van der Waals surface area contributed by atoms with E-state index in [4.69, 9.17) is 53.2 Å². The molecule has 0 fully saturated rings. The van der Waals surface area contributed by atoms with E-state index in [1.807, 2.05) is 93.5 Å². The zero-order valence-electron chi connectivity index (χ0n) is 61.3. The van der Waals surface area contributed by atoms with Crippen LogP contribution in [0.5, 0.6) is 0 Å². The van der Waals surface area contributed by atoms with Gasteiger partial charge in [0.25, 0.3) is 0 Å². The van der Waals surface area contributed by atoms with E-state index in [1.54, 1.807) is 24.3 Å². The van der Waals surface area contributed by atoms with Gasteiger partial charge in [-0.05, 0) is 131 Å². The van der Waals surface area contributed by atoms with Gasteiger partial charge in [-0.3, -0.25) is 19.2 Å². The van der Waals surface area contributed by atoms with Crippen molar-refractivity contribution < 1.29 is 82.0 Å². The molecule has 0 amide bonds. The summed E-state index contributed by atoms with van der Waals surface area (Å²) in [7, 11) is 0. The number of Topliss-reactive ketones (excluding diaryl/α,β-unsaturated/α-hetero) is 2. The second-order valence-corrected chi connectivity index (χ2v) is 23.7. The first-order valence-corrected chi connectivity index (χ1v) is 35.8. The predicted molar refractivity (Wildman–Crippen MR) is 377 cm³/mol. The van der Waals surface area contributed by atoms with Crippen LogP contribution in [0.15, 0.2) is 48.5 Å². The minimum Gasteiger partial charge on any atom is -0.478 e. The molecule has 0 radical (unpaired) electrons. The molecular weight excluding hydrogens is 1180 g/mol. The number of aliphatic hydroxyl groups excluding tert-OH is 1. The standard InChI is InChI=1S/C26H52O9.C14H28O2.2C11H14O2.2C7H14O/c1-3-25(2)26(28)35-24-10-23-34-22-9-21-33-20-8-19-32-18-7-17-31-16-6-15-30-14-5-13-29-12-4-11-27;1-4-6-7-8-9-10-11-12-16-14(15)13(3)5-2;2*1-3-8(2)9-4-6-10(7-5-9)11(12)13;2*1-4-6(3)7(8)5-2/h25,27H,3-24H2,1-2H3;13H,4-12H2,1-3H3;2*4-8H,3H2,1-2H3,(H,12,13);2*6H,4-5H2,1-3H3. The molecule has 0 bridgehead atoms. The average molecular weight is 1320 g/mol. The summed E-state index contributed by atoms with van der Waals surface area (Å²) in [5.74, 6) is 0.468. The normalized spacial score (nSPS) is 12.5. The molecule has 542 valence electrons. The van der Waals surface area contributed by atoms with E-state index in [0.29, 0.717) is 146 Å². The van der Waals surface area contributed by atoms with Gasteiger partial charge in [-0.15, -0.1) is 0 Å². The number of carbonyl (C=O) groups is 6. The maximum Gasteiger partial charge on any atom is 0.335 e. The molecule has 2 aromatic carbocycles. The van der Waals surface area contributed by atoms with Gasteiger partial charge >= 0.3 is 23.9 Å². The Hall–Kier alpha value is -4.62. The second-order valence-electron chi connectivity index (χ2n) is 23.7. The zero-order chi connectivity index (χ0) is 70.7. The Bertz CT molecular complexity index is 1930. The topological polar surface area (TPSA) is 237 Å². The quantitative estimate of drug-likeness (QED) is 0.0412. The van der Waals surface area contributed by atoms with E-state index >= 15 is 0 Å². The van der Waals surface area contributed by atoms with Gasteiger partial charge in [0.05, 0.1) is 36.2 Å². The molecule has 6 atom stereocenters. The van der Waals surface area contributed by atoms with Crippen molar-refractivity contribution in [2.45, 2.75) is 257 Å². The first kappa shape index (κ1) is 94.8. The summed E-state index contributed by atoms with van der Waals surface area (Å²) in [6.07, 6.45) is 21.8. The van der Waals surface area contributed by atoms with E-state index < -0.39 is 11.9 Å². The second kappa shape index (κ2) is 70.2. The Kier molecular flexibility index (Phi) is 71.5. The summed E-state index contributed by atoms with van der Waals surface area (Å²) in [5.41, 5.74) is 3.11. The molecule has 0 aliphatic carbocycles. The molecule has 0 aliphatic heterocycles. The molecule has 2 rings (SSSR count). The number of carboxylic acids is 2. The van der Waals surface area contributed by atoms with E-state index in [9.17, 15) is 28.8 Å². The number of hydrogen-bond acceptors (Lipinski definition) is 15. The molecule has 6 unspecified atom stereocenters. The van der Waals surface area contributed by atoms with Crippen LogP contribution in [0.3, 0.4) is 0 Å². The first-order valence-electron chi connectivity index (χ1n) is 35.8. The van der Waals surface area contributed by atoms with Crippen LogP contribution >= 0.6 is 0 Å². The number of carboxylic acid groups (broad SMARTS) is 2. The van der Waals surface area contributed by atoms with E-state index in [0.717, 1.165) is 83.5 Å². The van der Waals surface area contributed by atoms with Crippen molar-refractivity contribution in [3.05, 3.63) is 70.8 Å². The van der Waals surface area contributed by atoms with Crippen LogP contribution in [-0.4, -0.2) is 150 Å². The van der Waals surface area contributed by atoms with Crippen molar-refractivity contribution >= 4 is 35.4 Å². The monoisotopic (exact) mass is 1320 g/mol. The molecule has 0 heterocycles. The van der Waals surface area contributed by atoms with Crippen molar-refractivity contribution in [3.63, 3.8) is 0 Å². The summed E-state index contributed by atoms with van der Waals surface area (Å²) < 4.78 is 43.5. The Labute approximate surface area is 565 Å². The first-order chi connectivity index (χ1) is 44.7. The van der Waals surface area contributed by atoms with Crippen LogP contribution in [0.2, 0.25) is 0 Å². The van der Waals surface area contributed by atoms with Gasteiger partial charge in [0.1, 0.15) is 11.6 Å². The lowest BCUT2D eigenvalue weighted by Crippen LogP contribution is -2.15. The molecule has 0 saturated carbocycles. The molecule has 2 aromatic rings. The maximum absolute atomic E-state index is 11.5. The fourth-order valence-electron chi connectivity index (χ4n) is 7.81. The zero-order valence-corrected chi connectivity index (χ0v) is 61.3. The molecule has 0 saturated heterocycles. The fourth-order valence-corrected chi connectivity index (χ4v) is 7.81. The SMILES string of the molecule is CCC(=O)C(C)CC.CCC(=O)C(C)CC.CCC(C)C(=O)OCCCOCCCOCCCOCCCOCCCOCCCOCCCO.CCC(C)c1ccc(C(=O)O)cc1.CCC(C)c1ccc(C(=O)O)cc1.CCCCCCCCCOC(=O)C(C)CC. The largest absolute Gasteiger partial charge is 0.478 e. The van der Waals surface area contributed by atoms with Crippen LogP contribution in [0.1, 0.15) is 289 Å². The number of aromatic carboxylic acids is 2. The Morgan fingerprint density at radius 3 is 0.817 bits per heavy atom. The molecular formula is C76H136O17. The van der Waals surface area contributed by atoms with Gasteiger partial charge in [-0.25, -0.2) is 9.59 Å². The van der Waals surface area contributed by atoms with Gasteiger partial charge in [0, 0.05) is 117 Å². The number of ketones is 2. The highest BCUT2D eigenvalue weighted by molar-refractivity contribution is 5.88. The van der Waals surface area contributed by atoms with E-state index in [2.05, 4.69) is 34.6 Å². The van der Waals surface area contributed by atoms with Crippen molar-refractivity contribution in [1.29, 1.82) is 0 Å². The lowest BCUT2D eigenvalue weighted by Gasteiger charge is -2.09. The van der Waals surface area contributed by atoms with Crippen LogP contribution in [0.4, 0.5) is 0 Å². The van der Waals surface area contributed by atoms with E-state index in [-0.39, 0.29) is 42.2 Å². The lowest BCUT2D eigenvalue weighted by molar-refractivity contribution is -0.149. The Morgan fingerprint density at radius 1 is 0.323 bits per heavy atom. The highest BCUT2D eigenvalue weighted by Crippen LogP contribution is 2.20. The van der Waals surface area contributed by atoms with Crippen LogP contribution < -0.4 is 0 Å². The number of carbonyl (C=O) groups excluding carboxylic acids is 4. The highest BCUT2D eigenvalue weighted by atomic mass is 16.5. The lowest BCUT2D eigenvalue weighted by atomic mass is 9.98. The van der Waals surface area contributed by atoms with Crippen LogP contribution in [-0.2, 0) is 57.1 Å². The summed E-state index contributed by atoms with van der Waals surface area (Å²) in [6, 6.07) is 14.2. The molecule has 0 aliphatic rings. The van der Waals surface area contributed by atoms with E-state index in [1.165, 1.54) is 49.7 Å². The number of benzene rings is 2. The van der Waals surface area contributed by atoms with Gasteiger partial charge < -0.3 is 53.2 Å². The van der Waals surface area contributed by atoms with Gasteiger partial charge in [0.15, 0.2) is 0 Å². The van der Waals surface area contributed by atoms with Crippen LogP contribution in [0.25, 0.3) is 0 Å². The average Bonchev–Trinajstić information content (AvgIpc) is 2.78. The summed E-state index contributed by atoms with van der Waals surface area (Å²) in [4.78, 5) is 65.4. The van der Waals surface area contributed by atoms with Gasteiger partial charge in [-0.2, -0.15) is 0 Å². The van der Waals surface area contributed by atoms with Crippen molar-refractivity contribution in [2.75, 3.05) is 99.1 Å². The number of rotatable bonds is 51. The molecule has 17 nitrogen and oxygen atoms in total. The number of ether oxygens (including phenoxy) is 8. The number of aliphatic hydroxyl groups is 1. The third-order valence-electron chi connectivity index (χ3n) is 15.7. The molecule has 17 heteroatoms. The fraction of sp³-hybridized carbons (Fsp3) is 0.763. The van der Waals surface area contributed by atoms with Crippen molar-refractivity contribution in [1.82, 2.24) is 0 Å². The Balaban J connectivity index is -0.000000565. The molecule has 3 N–H and O–H groups in total. The molecule has 0 spiro atoms. The van der Waals surface area contributed by atoms with Crippen molar-refractivity contribution in [3.8, 4) is 0 Å². The van der Waals surface area contributed by atoms with Crippen molar-refractivity contribution in [2.24, 2.45) is 23.7 Å². The smallest absolute Gasteiger partial charge is 0.335 e. The van der Waals surface area contributed by atoms with Gasteiger partial charge in [0.2, 0.25) is 0 Å². The predicted octanol–water partition coefficient (Wildman–Crippen LogP) is 17.5. The number of hydrogen-bond donors (Lipinski definition) is 3. The summed E-state index contributed by atoms with van der Waals surface area (Å²) in [6.45, 7) is 39.7. The minimum atomic E-state index is -0.865. The van der Waals surface area contributed by atoms with Crippen LogP contribution in [0, 0.1) is 23.7 Å². The van der Waals surface area contributed by atoms with Gasteiger partial charge in [-0.1, -0.05) is 167 Å². The minimum absolute atomic E-state index is 0.0278.